The lowest BCUT2D eigenvalue weighted by molar-refractivity contribution is 0.565. The van der Waals surface area contributed by atoms with E-state index < -0.39 is 0 Å². The highest BCUT2D eigenvalue weighted by molar-refractivity contribution is 5.79. The van der Waals surface area contributed by atoms with Gasteiger partial charge in [0.1, 0.15) is 0 Å². The van der Waals surface area contributed by atoms with Crippen LogP contribution in [0.25, 0.3) is 10.9 Å². The molecule has 0 spiro atoms. The third-order valence-electron chi connectivity index (χ3n) is 3.20. The monoisotopic (exact) mass is 232 g/mol. The van der Waals surface area contributed by atoms with Crippen molar-refractivity contribution in [2.75, 3.05) is 0 Å². The highest BCUT2D eigenvalue weighted by Gasteiger charge is 2.12. The van der Waals surface area contributed by atoms with Crippen LogP contribution in [-0.2, 0) is 0 Å². The third kappa shape index (κ3) is 1.79. The van der Waals surface area contributed by atoms with Crippen molar-refractivity contribution in [2.24, 2.45) is 0 Å². The SMILES string of the molecule is Cc1cc2c(ccn2C(C)C)c(=O)n1C(C)C. The Morgan fingerprint density at radius 3 is 2.29 bits per heavy atom. The van der Waals surface area contributed by atoms with Crippen LogP contribution in [0.15, 0.2) is 23.1 Å². The van der Waals surface area contributed by atoms with Gasteiger partial charge in [-0.1, -0.05) is 0 Å². The largest absolute Gasteiger partial charge is 0.345 e. The zero-order valence-electron chi connectivity index (χ0n) is 11.2. The van der Waals surface area contributed by atoms with E-state index in [0.717, 1.165) is 16.6 Å². The van der Waals surface area contributed by atoms with Crippen LogP contribution in [0.5, 0.6) is 0 Å². The number of hydrogen-bond acceptors (Lipinski definition) is 1. The average molecular weight is 232 g/mol. The first-order valence-corrected chi connectivity index (χ1v) is 6.16. The van der Waals surface area contributed by atoms with Gasteiger partial charge >= 0.3 is 0 Å². The van der Waals surface area contributed by atoms with Crippen LogP contribution >= 0.6 is 0 Å². The van der Waals surface area contributed by atoms with E-state index in [1.807, 2.05) is 37.6 Å². The highest BCUT2D eigenvalue weighted by Crippen LogP contribution is 2.19. The van der Waals surface area contributed by atoms with Gasteiger partial charge in [0.2, 0.25) is 0 Å². The lowest BCUT2D eigenvalue weighted by Crippen LogP contribution is -2.24. The summed E-state index contributed by atoms with van der Waals surface area (Å²) in [5.41, 5.74) is 2.19. The maximum atomic E-state index is 12.4. The highest BCUT2D eigenvalue weighted by atomic mass is 16.1. The number of aryl methyl sites for hydroxylation is 1. The summed E-state index contributed by atoms with van der Waals surface area (Å²) in [6, 6.07) is 4.61. The number of nitrogens with zero attached hydrogens (tertiary/aromatic N) is 2. The fourth-order valence-corrected chi connectivity index (χ4v) is 2.44. The van der Waals surface area contributed by atoms with Gasteiger partial charge in [0, 0.05) is 24.0 Å². The molecule has 0 unspecified atom stereocenters. The Labute approximate surface area is 102 Å². The Bertz CT molecular complexity index is 602. The summed E-state index contributed by atoms with van der Waals surface area (Å²) in [6.07, 6.45) is 2.00. The Kier molecular flexibility index (Phi) is 2.86. The predicted octanol–water partition coefficient (Wildman–Crippen LogP) is 3.27. The van der Waals surface area contributed by atoms with Crippen molar-refractivity contribution in [3.63, 3.8) is 0 Å². The molecule has 0 radical (unpaired) electrons. The molecule has 0 atom stereocenters. The number of aromatic nitrogens is 2. The van der Waals surface area contributed by atoms with Crippen molar-refractivity contribution < 1.29 is 0 Å². The maximum absolute atomic E-state index is 12.4. The van der Waals surface area contributed by atoms with Crippen LogP contribution in [0, 0.1) is 6.92 Å². The van der Waals surface area contributed by atoms with Gasteiger partial charge in [0.15, 0.2) is 0 Å². The van der Waals surface area contributed by atoms with Crippen molar-refractivity contribution in [2.45, 2.75) is 46.7 Å². The molecule has 2 rings (SSSR count). The number of rotatable bonds is 2. The minimum absolute atomic E-state index is 0.120. The van der Waals surface area contributed by atoms with Gasteiger partial charge in [-0.05, 0) is 46.8 Å². The van der Waals surface area contributed by atoms with Gasteiger partial charge in [-0.15, -0.1) is 0 Å². The second kappa shape index (κ2) is 4.06. The second-order valence-corrected chi connectivity index (χ2v) is 5.17. The van der Waals surface area contributed by atoms with Crippen LogP contribution < -0.4 is 5.56 Å². The molecule has 2 aromatic heterocycles. The molecule has 0 aromatic carbocycles. The molecule has 0 aliphatic rings. The summed E-state index contributed by atoms with van der Waals surface area (Å²) in [4.78, 5) is 12.4. The fourth-order valence-electron chi connectivity index (χ4n) is 2.44. The molecule has 3 nitrogen and oxygen atoms in total. The van der Waals surface area contributed by atoms with Crippen LogP contribution in [0.3, 0.4) is 0 Å². The lowest BCUT2D eigenvalue weighted by Gasteiger charge is -2.15. The molecular formula is C14H20N2O. The fraction of sp³-hybridized carbons (Fsp3) is 0.500. The molecule has 0 aliphatic heterocycles. The van der Waals surface area contributed by atoms with Crippen molar-refractivity contribution in [1.82, 2.24) is 9.13 Å². The molecule has 0 N–H and O–H groups in total. The Balaban J connectivity index is 2.84. The van der Waals surface area contributed by atoms with E-state index in [1.54, 1.807) is 0 Å². The van der Waals surface area contributed by atoms with Crippen molar-refractivity contribution >= 4 is 10.9 Å². The first-order valence-electron chi connectivity index (χ1n) is 6.16. The average Bonchev–Trinajstić information content (AvgIpc) is 2.60. The quantitative estimate of drug-likeness (QED) is 0.780. The predicted molar refractivity (Wildman–Crippen MR) is 71.7 cm³/mol. The normalized spacial score (nSPS) is 11.9. The third-order valence-corrected chi connectivity index (χ3v) is 3.20. The van der Waals surface area contributed by atoms with Gasteiger partial charge in [-0.25, -0.2) is 0 Å². The molecule has 0 saturated heterocycles. The van der Waals surface area contributed by atoms with Gasteiger partial charge in [-0.2, -0.15) is 0 Å². The lowest BCUT2D eigenvalue weighted by atomic mass is 10.2. The first kappa shape index (κ1) is 12.0. The Hall–Kier alpha value is -1.51. The van der Waals surface area contributed by atoms with Gasteiger partial charge < -0.3 is 9.13 Å². The molecular weight excluding hydrogens is 212 g/mol. The first-order chi connectivity index (χ1) is 7.93. The van der Waals surface area contributed by atoms with E-state index in [-0.39, 0.29) is 11.6 Å². The topological polar surface area (TPSA) is 26.9 Å². The molecule has 2 heterocycles. The number of fused-ring (bicyclic) bond motifs is 1. The van der Waals surface area contributed by atoms with Gasteiger partial charge in [0.25, 0.3) is 5.56 Å². The summed E-state index contributed by atoms with van der Waals surface area (Å²) in [5, 5.41) is 0.818. The summed E-state index contributed by atoms with van der Waals surface area (Å²) in [7, 11) is 0. The van der Waals surface area contributed by atoms with Gasteiger partial charge in [0.05, 0.1) is 10.9 Å². The zero-order chi connectivity index (χ0) is 12.7. The van der Waals surface area contributed by atoms with E-state index in [1.165, 1.54) is 0 Å². The van der Waals surface area contributed by atoms with Crippen molar-refractivity contribution in [3.8, 4) is 0 Å². The van der Waals surface area contributed by atoms with Crippen molar-refractivity contribution in [3.05, 3.63) is 34.4 Å². The maximum Gasteiger partial charge on any atom is 0.260 e. The van der Waals surface area contributed by atoms with Gasteiger partial charge in [-0.3, -0.25) is 4.79 Å². The molecule has 0 fully saturated rings. The molecule has 0 saturated carbocycles. The van der Waals surface area contributed by atoms with Crippen LogP contribution in [-0.4, -0.2) is 9.13 Å². The molecule has 2 aromatic rings. The Morgan fingerprint density at radius 1 is 1.12 bits per heavy atom. The number of hydrogen-bond donors (Lipinski definition) is 0. The molecule has 0 aliphatic carbocycles. The summed E-state index contributed by atoms with van der Waals surface area (Å²) in [6.45, 7) is 10.3. The smallest absolute Gasteiger partial charge is 0.260 e. The molecule has 92 valence electrons. The van der Waals surface area contributed by atoms with Crippen molar-refractivity contribution in [1.29, 1.82) is 0 Å². The molecule has 3 heteroatoms. The molecule has 0 amide bonds. The second-order valence-electron chi connectivity index (χ2n) is 5.17. The van der Waals surface area contributed by atoms with Crippen LogP contribution in [0.2, 0.25) is 0 Å². The zero-order valence-corrected chi connectivity index (χ0v) is 11.2. The molecule has 17 heavy (non-hydrogen) atoms. The van der Waals surface area contributed by atoms with Crippen LogP contribution in [0.4, 0.5) is 0 Å². The van der Waals surface area contributed by atoms with E-state index in [4.69, 9.17) is 0 Å². The van der Waals surface area contributed by atoms with E-state index in [2.05, 4.69) is 24.5 Å². The number of pyridine rings is 1. The standard InChI is InChI=1S/C14H20N2O/c1-9(2)15-7-6-12-13(15)8-11(5)16(10(3)4)14(12)17/h6-10H,1-5H3. The summed E-state index contributed by atoms with van der Waals surface area (Å²) in [5.74, 6) is 0. The molecule has 0 bridgehead atoms. The van der Waals surface area contributed by atoms with E-state index >= 15 is 0 Å². The van der Waals surface area contributed by atoms with E-state index in [0.29, 0.717) is 6.04 Å². The summed E-state index contributed by atoms with van der Waals surface area (Å²) >= 11 is 0. The Morgan fingerprint density at radius 2 is 1.76 bits per heavy atom. The van der Waals surface area contributed by atoms with Crippen LogP contribution in [0.1, 0.15) is 45.5 Å². The minimum Gasteiger partial charge on any atom is -0.345 e. The minimum atomic E-state index is 0.120. The summed E-state index contributed by atoms with van der Waals surface area (Å²) < 4.78 is 4.00. The van der Waals surface area contributed by atoms with E-state index in [9.17, 15) is 4.79 Å².